The average molecular weight is 478 g/mol. The van der Waals surface area contributed by atoms with Gasteiger partial charge in [-0.05, 0) is 43.5 Å². The van der Waals surface area contributed by atoms with Crippen LogP contribution in [0.5, 0.6) is 0 Å². The first-order chi connectivity index (χ1) is 16.7. The van der Waals surface area contributed by atoms with Gasteiger partial charge in [0.15, 0.2) is 0 Å². The van der Waals surface area contributed by atoms with E-state index < -0.39 is 0 Å². The Morgan fingerprint density at radius 2 is 1.88 bits per heavy atom. The predicted molar refractivity (Wildman–Crippen MR) is 129 cm³/mol. The number of aromatic nitrogens is 3. The van der Waals surface area contributed by atoms with E-state index in [-0.39, 0.29) is 12.3 Å². The van der Waals surface area contributed by atoms with Crippen LogP contribution in [0.3, 0.4) is 0 Å². The molecule has 0 radical (unpaired) electrons. The highest BCUT2D eigenvalue weighted by Gasteiger charge is 2.23. The Morgan fingerprint density at radius 1 is 1.06 bits per heavy atom. The van der Waals surface area contributed by atoms with Crippen molar-refractivity contribution in [3.63, 3.8) is 0 Å². The number of rotatable bonds is 8. The minimum Gasteiger partial charge on any atom is -0.441 e. The largest absolute Gasteiger partial charge is 0.441 e. The summed E-state index contributed by atoms with van der Waals surface area (Å²) in [5, 5.41) is 6.07. The van der Waals surface area contributed by atoms with E-state index in [4.69, 9.17) is 8.94 Å². The second-order valence-corrected chi connectivity index (χ2v) is 9.33. The fourth-order valence-electron chi connectivity index (χ4n) is 4.09. The molecule has 34 heavy (non-hydrogen) atoms. The van der Waals surface area contributed by atoms with Crippen molar-refractivity contribution in [2.45, 2.75) is 26.2 Å². The van der Waals surface area contributed by atoms with E-state index in [9.17, 15) is 4.79 Å². The van der Waals surface area contributed by atoms with Crippen molar-refractivity contribution in [1.82, 2.24) is 24.9 Å². The van der Waals surface area contributed by atoms with Crippen molar-refractivity contribution in [1.29, 1.82) is 0 Å². The molecule has 0 N–H and O–H groups in total. The molecule has 1 fully saturated rings. The van der Waals surface area contributed by atoms with Gasteiger partial charge in [0.1, 0.15) is 5.76 Å². The third-order valence-corrected chi connectivity index (χ3v) is 6.90. The van der Waals surface area contributed by atoms with Gasteiger partial charge in [-0.1, -0.05) is 29.4 Å². The lowest BCUT2D eigenvalue weighted by Crippen LogP contribution is -2.49. The maximum absolute atomic E-state index is 12.9. The summed E-state index contributed by atoms with van der Waals surface area (Å²) in [6.07, 6.45) is 1.97. The van der Waals surface area contributed by atoms with Crippen molar-refractivity contribution in [2.24, 2.45) is 0 Å². The van der Waals surface area contributed by atoms with E-state index in [1.807, 2.05) is 59.7 Å². The smallest absolute Gasteiger partial charge is 0.228 e. The van der Waals surface area contributed by atoms with Gasteiger partial charge >= 0.3 is 0 Å². The molecule has 9 heteroatoms. The highest BCUT2D eigenvalue weighted by Crippen LogP contribution is 2.23. The molecule has 1 amide bonds. The van der Waals surface area contributed by atoms with Crippen LogP contribution in [0.15, 0.2) is 56.8 Å². The molecule has 0 unspecified atom stereocenters. The molecule has 0 bridgehead atoms. The van der Waals surface area contributed by atoms with Gasteiger partial charge < -0.3 is 13.8 Å². The van der Waals surface area contributed by atoms with Gasteiger partial charge in [-0.3, -0.25) is 9.69 Å². The molecule has 3 aromatic heterocycles. The number of benzene rings is 1. The number of piperazine rings is 1. The number of hydrogen-bond acceptors (Lipinski definition) is 8. The zero-order valence-electron chi connectivity index (χ0n) is 19.1. The first kappa shape index (κ1) is 22.5. The zero-order valence-corrected chi connectivity index (χ0v) is 20.0. The van der Waals surface area contributed by atoms with Crippen LogP contribution in [0.25, 0.3) is 22.2 Å². The third kappa shape index (κ3) is 5.26. The van der Waals surface area contributed by atoms with Crippen LogP contribution >= 0.6 is 11.3 Å². The normalized spacial score (nSPS) is 14.6. The van der Waals surface area contributed by atoms with Crippen LogP contribution in [0, 0.1) is 6.92 Å². The van der Waals surface area contributed by atoms with Crippen LogP contribution in [0.2, 0.25) is 0 Å². The molecule has 176 valence electrons. The molecule has 0 atom stereocenters. The van der Waals surface area contributed by atoms with Gasteiger partial charge in [0.25, 0.3) is 0 Å². The summed E-state index contributed by atoms with van der Waals surface area (Å²) in [7, 11) is 0. The molecule has 1 aromatic carbocycles. The highest BCUT2D eigenvalue weighted by molar-refractivity contribution is 7.13. The topological polar surface area (TPSA) is 88.5 Å². The number of oxazole rings is 1. The van der Waals surface area contributed by atoms with Gasteiger partial charge in [-0.15, -0.1) is 11.3 Å². The lowest BCUT2D eigenvalue weighted by Gasteiger charge is -2.34. The number of carbonyl (C=O) groups is 1. The Kier molecular flexibility index (Phi) is 6.82. The lowest BCUT2D eigenvalue weighted by atomic mass is 10.2. The van der Waals surface area contributed by atoms with Crippen LogP contribution in [0.4, 0.5) is 0 Å². The molecule has 4 heterocycles. The average Bonchev–Trinajstić information content (AvgIpc) is 3.62. The fraction of sp³-hybridized carbons (Fsp3) is 0.360. The van der Waals surface area contributed by atoms with Gasteiger partial charge in [0.05, 0.1) is 17.0 Å². The first-order valence-corrected chi connectivity index (χ1v) is 12.4. The fourth-order valence-corrected chi connectivity index (χ4v) is 4.74. The Labute approximate surface area is 202 Å². The Morgan fingerprint density at radius 3 is 2.65 bits per heavy atom. The number of aryl methyl sites for hydroxylation is 2. The molecular weight excluding hydrogens is 450 g/mol. The first-order valence-electron chi connectivity index (χ1n) is 11.5. The Bertz CT molecular complexity index is 1210. The van der Waals surface area contributed by atoms with Gasteiger partial charge in [0, 0.05) is 38.2 Å². The van der Waals surface area contributed by atoms with E-state index >= 15 is 0 Å². The summed E-state index contributed by atoms with van der Waals surface area (Å²) >= 11 is 1.60. The molecule has 1 aliphatic rings. The minimum absolute atomic E-state index is 0.0997. The van der Waals surface area contributed by atoms with Crippen molar-refractivity contribution < 1.29 is 13.7 Å². The van der Waals surface area contributed by atoms with Gasteiger partial charge in [0.2, 0.25) is 23.5 Å². The molecule has 0 saturated carbocycles. The van der Waals surface area contributed by atoms with E-state index in [1.54, 1.807) is 11.3 Å². The zero-order chi connectivity index (χ0) is 23.3. The van der Waals surface area contributed by atoms with Crippen LogP contribution in [-0.4, -0.2) is 63.6 Å². The van der Waals surface area contributed by atoms with Crippen molar-refractivity contribution >= 4 is 17.2 Å². The monoisotopic (exact) mass is 477 g/mol. The standard InChI is InChI=1S/C25H27N5O3S/c1-18-20(26-25(32-18)19-7-3-2-4-8-19)17-23(31)30-14-12-29(13-15-30)11-5-10-22-27-24(28-33-22)21-9-6-16-34-21/h2-4,6-9,16H,5,10-15,17H2,1H3. The maximum atomic E-state index is 12.9. The van der Waals surface area contributed by atoms with Crippen molar-refractivity contribution in [3.05, 3.63) is 65.2 Å². The quantitative estimate of drug-likeness (QED) is 0.378. The van der Waals surface area contributed by atoms with Crippen molar-refractivity contribution in [3.8, 4) is 22.2 Å². The maximum Gasteiger partial charge on any atom is 0.228 e. The Hall–Kier alpha value is -3.30. The van der Waals surface area contributed by atoms with Gasteiger partial charge in [-0.25, -0.2) is 4.98 Å². The van der Waals surface area contributed by atoms with E-state index in [0.29, 0.717) is 29.1 Å². The number of nitrogens with zero attached hydrogens (tertiary/aromatic N) is 5. The summed E-state index contributed by atoms with van der Waals surface area (Å²) in [5.41, 5.74) is 1.63. The number of carbonyl (C=O) groups excluding carboxylic acids is 1. The van der Waals surface area contributed by atoms with Gasteiger partial charge in [-0.2, -0.15) is 4.98 Å². The molecular formula is C25H27N5O3S. The van der Waals surface area contributed by atoms with Crippen LogP contribution in [0.1, 0.15) is 23.8 Å². The van der Waals surface area contributed by atoms with E-state index in [0.717, 1.165) is 56.0 Å². The summed E-state index contributed by atoms with van der Waals surface area (Å²) in [4.78, 5) is 27.3. The van der Waals surface area contributed by atoms with E-state index in [1.165, 1.54) is 0 Å². The summed E-state index contributed by atoms with van der Waals surface area (Å²) in [6, 6.07) is 13.7. The summed E-state index contributed by atoms with van der Waals surface area (Å²) < 4.78 is 11.2. The molecule has 1 saturated heterocycles. The predicted octanol–water partition coefficient (Wildman–Crippen LogP) is 4.08. The van der Waals surface area contributed by atoms with E-state index in [2.05, 4.69) is 20.0 Å². The molecule has 0 aliphatic carbocycles. The highest BCUT2D eigenvalue weighted by atomic mass is 32.1. The molecule has 5 rings (SSSR count). The molecule has 0 spiro atoms. The molecule has 8 nitrogen and oxygen atoms in total. The SMILES string of the molecule is Cc1oc(-c2ccccc2)nc1CC(=O)N1CCN(CCCc2nc(-c3cccs3)no2)CC1. The number of amides is 1. The summed E-state index contributed by atoms with van der Waals surface area (Å²) in [5.74, 6) is 2.71. The second kappa shape index (κ2) is 10.3. The van der Waals surface area contributed by atoms with Crippen molar-refractivity contribution in [2.75, 3.05) is 32.7 Å². The minimum atomic E-state index is 0.0997. The van der Waals surface area contributed by atoms with Crippen LogP contribution in [-0.2, 0) is 17.6 Å². The van der Waals surface area contributed by atoms with Crippen LogP contribution < -0.4 is 0 Å². The number of thiophene rings is 1. The Balaban J connectivity index is 1.06. The lowest BCUT2D eigenvalue weighted by molar-refractivity contribution is -0.132. The molecule has 1 aliphatic heterocycles. The number of hydrogen-bond donors (Lipinski definition) is 0. The second-order valence-electron chi connectivity index (χ2n) is 8.38. The summed E-state index contributed by atoms with van der Waals surface area (Å²) in [6.45, 7) is 6.00. The molecule has 4 aromatic rings. The third-order valence-electron chi connectivity index (χ3n) is 6.03.